The maximum Gasteiger partial charge on any atom is 0.0249 e. The van der Waals surface area contributed by atoms with Crippen molar-refractivity contribution in [2.45, 2.75) is 19.3 Å². The second-order valence-corrected chi connectivity index (χ2v) is 5.57. The fourth-order valence-corrected chi connectivity index (χ4v) is 2.85. The Kier molecular flexibility index (Phi) is 3.31. The lowest BCUT2D eigenvalue weighted by molar-refractivity contribution is 0.730. The minimum Gasteiger partial charge on any atom is -0.0766 e. The highest BCUT2D eigenvalue weighted by atomic mass is 14.4. The van der Waals surface area contributed by atoms with Crippen molar-refractivity contribution in [3.05, 3.63) is 95.9 Å². The van der Waals surface area contributed by atoms with Crippen LogP contribution in [0.25, 0.3) is 5.57 Å². The first-order valence-corrected chi connectivity index (χ1v) is 7.06. The molecule has 2 aromatic carbocycles. The van der Waals surface area contributed by atoms with Gasteiger partial charge in [-0.1, -0.05) is 85.3 Å². The molecule has 2 aromatic rings. The Morgan fingerprint density at radius 2 is 1.40 bits per heavy atom. The van der Waals surface area contributed by atoms with E-state index in [4.69, 9.17) is 0 Å². The quantitative estimate of drug-likeness (QED) is 0.696. The summed E-state index contributed by atoms with van der Waals surface area (Å²) < 4.78 is 0. The molecule has 0 aromatic heterocycles. The van der Waals surface area contributed by atoms with Crippen molar-refractivity contribution in [3.8, 4) is 0 Å². The Hall–Kier alpha value is -2.08. The van der Waals surface area contributed by atoms with E-state index >= 15 is 0 Å². The molecule has 0 saturated heterocycles. The van der Waals surface area contributed by atoms with Crippen LogP contribution in [0.3, 0.4) is 0 Å². The predicted molar refractivity (Wildman–Crippen MR) is 86.3 cm³/mol. The van der Waals surface area contributed by atoms with E-state index in [1.165, 1.54) is 22.3 Å². The average molecular weight is 259 g/mol. The summed E-state index contributed by atoms with van der Waals surface area (Å²) in [6, 6.07) is 21.4. The smallest absolute Gasteiger partial charge is 0.0249 e. The molecule has 0 fully saturated rings. The van der Waals surface area contributed by atoms with Gasteiger partial charge in [0.25, 0.3) is 0 Å². The third-order valence-corrected chi connectivity index (χ3v) is 4.07. The third kappa shape index (κ3) is 2.22. The SMILES string of the molecule is CC1=C[CH]C(C)(c2ccccc2)C(c2ccccc2)=C1. The predicted octanol–water partition coefficient (Wildman–Crippen LogP) is 5.19. The Bertz CT molecular complexity index is 647. The van der Waals surface area contributed by atoms with Crippen molar-refractivity contribution in [3.63, 3.8) is 0 Å². The summed E-state index contributed by atoms with van der Waals surface area (Å²) in [5, 5.41) is 0. The standard InChI is InChI=1S/C20H19/c1-16-13-14-20(2,18-11-7-4-8-12-18)19(15-16)17-9-5-3-6-10-17/h3-15H,1-2H3. The lowest BCUT2D eigenvalue weighted by Crippen LogP contribution is -2.26. The van der Waals surface area contributed by atoms with Crippen LogP contribution in [0.4, 0.5) is 0 Å². The van der Waals surface area contributed by atoms with Crippen LogP contribution in [0.2, 0.25) is 0 Å². The molecular weight excluding hydrogens is 240 g/mol. The zero-order chi connectivity index (χ0) is 14.0. The van der Waals surface area contributed by atoms with Crippen molar-refractivity contribution in [2.75, 3.05) is 0 Å². The van der Waals surface area contributed by atoms with Gasteiger partial charge in [-0.15, -0.1) is 0 Å². The van der Waals surface area contributed by atoms with Crippen molar-refractivity contribution in [1.82, 2.24) is 0 Å². The van der Waals surface area contributed by atoms with Gasteiger partial charge < -0.3 is 0 Å². The zero-order valence-electron chi connectivity index (χ0n) is 12.0. The van der Waals surface area contributed by atoms with E-state index < -0.39 is 0 Å². The van der Waals surface area contributed by atoms with Gasteiger partial charge in [-0.2, -0.15) is 0 Å². The van der Waals surface area contributed by atoms with E-state index in [0.29, 0.717) is 0 Å². The van der Waals surface area contributed by atoms with Gasteiger partial charge in [-0.25, -0.2) is 0 Å². The molecule has 0 spiro atoms. The lowest BCUT2D eigenvalue weighted by Gasteiger charge is -2.35. The zero-order valence-corrected chi connectivity index (χ0v) is 12.0. The fraction of sp³-hybridized carbons (Fsp3) is 0.150. The van der Waals surface area contributed by atoms with Gasteiger partial charge in [0.05, 0.1) is 0 Å². The van der Waals surface area contributed by atoms with Gasteiger partial charge in [-0.05, 0) is 30.0 Å². The van der Waals surface area contributed by atoms with Crippen LogP contribution >= 0.6 is 0 Å². The highest BCUT2D eigenvalue weighted by Crippen LogP contribution is 2.43. The van der Waals surface area contributed by atoms with E-state index in [1.54, 1.807) is 0 Å². The van der Waals surface area contributed by atoms with Gasteiger partial charge in [-0.3, -0.25) is 0 Å². The highest BCUT2D eigenvalue weighted by molar-refractivity contribution is 5.80. The summed E-state index contributed by atoms with van der Waals surface area (Å²) >= 11 is 0. The molecule has 1 atom stereocenters. The molecule has 0 heterocycles. The third-order valence-electron chi connectivity index (χ3n) is 4.07. The Labute approximate surface area is 121 Å². The first-order valence-electron chi connectivity index (χ1n) is 7.06. The van der Waals surface area contributed by atoms with Crippen LogP contribution in [0.5, 0.6) is 0 Å². The van der Waals surface area contributed by atoms with Gasteiger partial charge in [0.15, 0.2) is 0 Å². The molecule has 0 nitrogen and oxygen atoms in total. The van der Waals surface area contributed by atoms with Gasteiger partial charge in [0.2, 0.25) is 0 Å². The molecule has 1 aliphatic carbocycles. The summed E-state index contributed by atoms with van der Waals surface area (Å²) in [6.45, 7) is 4.45. The van der Waals surface area contributed by atoms with E-state index in [-0.39, 0.29) is 5.41 Å². The Morgan fingerprint density at radius 3 is 2.05 bits per heavy atom. The largest absolute Gasteiger partial charge is 0.0766 e. The molecule has 99 valence electrons. The first kappa shape index (κ1) is 12.9. The number of benzene rings is 2. The molecule has 0 amide bonds. The summed E-state index contributed by atoms with van der Waals surface area (Å²) in [4.78, 5) is 0. The number of allylic oxidation sites excluding steroid dienone is 4. The van der Waals surface area contributed by atoms with Crippen LogP contribution in [0.1, 0.15) is 25.0 Å². The Morgan fingerprint density at radius 1 is 0.800 bits per heavy atom. The molecule has 1 unspecified atom stereocenters. The van der Waals surface area contributed by atoms with E-state index in [0.717, 1.165) is 0 Å². The topological polar surface area (TPSA) is 0 Å². The molecule has 0 N–H and O–H groups in total. The van der Waals surface area contributed by atoms with Crippen molar-refractivity contribution < 1.29 is 0 Å². The molecule has 0 aliphatic heterocycles. The molecule has 20 heavy (non-hydrogen) atoms. The van der Waals surface area contributed by atoms with Crippen LogP contribution < -0.4 is 0 Å². The minimum atomic E-state index is -0.0673. The van der Waals surface area contributed by atoms with Gasteiger partial charge in [0, 0.05) is 5.41 Å². The van der Waals surface area contributed by atoms with E-state index in [9.17, 15) is 0 Å². The molecule has 1 aliphatic rings. The van der Waals surface area contributed by atoms with E-state index in [2.05, 4.69) is 93.1 Å². The molecule has 3 rings (SSSR count). The second kappa shape index (κ2) is 5.13. The van der Waals surface area contributed by atoms with Crippen LogP contribution in [-0.2, 0) is 5.41 Å². The summed E-state index contributed by atoms with van der Waals surface area (Å²) in [7, 11) is 0. The molecule has 0 heteroatoms. The summed E-state index contributed by atoms with van der Waals surface area (Å²) in [5.41, 5.74) is 5.23. The first-order chi connectivity index (χ1) is 9.70. The van der Waals surface area contributed by atoms with Crippen molar-refractivity contribution in [2.24, 2.45) is 0 Å². The van der Waals surface area contributed by atoms with Gasteiger partial charge in [0.1, 0.15) is 0 Å². The number of hydrogen-bond donors (Lipinski definition) is 0. The maximum absolute atomic E-state index is 2.32. The van der Waals surface area contributed by atoms with Crippen LogP contribution in [0.15, 0.2) is 78.4 Å². The van der Waals surface area contributed by atoms with Crippen LogP contribution in [0, 0.1) is 6.42 Å². The van der Waals surface area contributed by atoms with Crippen molar-refractivity contribution >= 4 is 5.57 Å². The minimum absolute atomic E-state index is 0.0673. The fourth-order valence-electron chi connectivity index (χ4n) is 2.85. The number of hydrogen-bond acceptors (Lipinski definition) is 0. The monoisotopic (exact) mass is 259 g/mol. The van der Waals surface area contributed by atoms with Gasteiger partial charge >= 0.3 is 0 Å². The van der Waals surface area contributed by atoms with Crippen LogP contribution in [-0.4, -0.2) is 0 Å². The lowest BCUT2D eigenvalue weighted by atomic mass is 9.68. The molecule has 0 saturated carbocycles. The summed E-state index contributed by atoms with van der Waals surface area (Å²) in [5.74, 6) is 0. The number of rotatable bonds is 2. The normalized spacial score (nSPS) is 22.1. The molecule has 1 radical (unpaired) electrons. The highest BCUT2D eigenvalue weighted by Gasteiger charge is 2.33. The second-order valence-electron chi connectivity index (χ2n) is 5.57. The Balaban J connectivity index is 2.14. The molecule has 0 bridgehead atoms. The average Bonchev–Trinajstić information content (AvgIpc) is 2.51. The van der Waals surface area contributed by atoms with E-state index in [1.807, 2.05) is 0 Å². The maximum atomic E-state index is 2.32. The summed E-state index contributed by atoms with van der Waals surface area (Å²) in [6.07, 6.45) is 6.85. The molecular formula is C20H19. The van der Waals surface area contributed by atoms with Crippen molar-refractivity contribution in [1.29, 1.82) is 0 Å².